The quantitative estimate of drug-likeness (QED) is 0.459. The lowest BCUT2D eigenvalue weighted by Crippen LogP contribution is -2.43. The van der Waals surface area contributed by atoms with Gasteiger partial charge in [-0.05, 0) is 51.2 Å². The molecule has 0 bridgehead atoms. The van der Waals surface area contributed by atoms with Gasteiger partial charge in [-0.15, -0.1) is 10.2 Å². The molecule has 1 aliphatic rings. The van der Waals surface area contributed by atoms with Gasteiger partial charge in [0.25, 0.3) is 0 Å². The second-order valence-electron chi connectivity index (χ2n) is 7.57. The predicted molar refractivity (Wildman–Crippen MR) is 125 cm³/mol. The number of hydrogen-bond donors (Lipinski definition) is 1. The largest absolute Gasteiger partial charge is 0.466 e. The minimum absolute atomic E-state index is 0.0733. The average Bonchev–Trinajstić information content (AvgIpc) is 3.21. The normalized spacial score (nSPS) is 15.5. The number of nitrogens with one attached hydrogen (secondary N) is 1. The SMILES string of the molecule is CCOC(=O)C1CCN(C(=O)[C@@H](C)Sc2nnc(Nc3c(C)cccc3CC)s2)CC1. The molecule has 1 atom stereocenters. The second kappa shape index (κ2) is 10.9. The third-order valence-corrected chi connectivity index (χ3v) is 7.44. The van der Waals surface area contributed by atoms with Crippen molar-refractivity contribution in [3.63, 3.8) is 0 Å². The standard InChI is InChI=1S/C22H30N4O3S2/c1-5-16-9-7-8-14(3)18(16)23-21-24-25-22(31-21)30-15(4)19(27)26-12-10-17(11-13-26)20(28)29-6-2/h7-9,15,17H,5-6,10-13H2,1-4H3,(H,23,24)/t15-/m1/s1. The number of para-hydroxylation sites is 1. The highest BCUT2D eigenvalue weighted by Crippen LogP contribution is 2.33. The fourth-order valence-corrected chi connectivity index (χ4v) is 5.66. The topological polar surface area (TPSA) is 84.4 Å². The average molecular weight is 463 g/mol. The van der Waals surface area contributed by atoms with Crippen LogP contribution in [-0.4, -0.2) is 51.9 Å². The molecule has 0 spiro atoms. The molecule has 0 unspecified atom stereocenters. The number of thioether (sulfide) groups is 1. The molecule has 31 heavy (non-hydrogen) atoms. The number of likely N-dealkylation sites (tertiary alicyclic amines) is 1. The van der Waals surface area contributed by atoms with Crippen molar-refractivity contribution in [3.8, 4) is 0 Å². The van der Waals surface area contributed by atoms with E-state index in [1.807, 2.05) is 18.7 Å². The number of hydrogen-bond acceptors (Lipinski definition) is 8. The van der Waals surface area contributed by atoms with E-state index in [9.17, 15) is 9.59 Å². The van der Waals surface area contributed by atoms with Crippen LogP contribution in [0.25, 0.3) is 0 Å². The van der Waals surface area contributed by atoms with Gasteiger partial charge in [0.1, 0.15) is 0 Å². The van der Waals surface area contributed by atoms with Gasteiger partial charge in [-0.3, -0.25) is 9.59 Å². The van der Waals surface area contributed by atoms with E-state index in [1.54, 1.807) is 0 Å². The molecule has 0 aliphatic carbocycles. The summed E-state index contributed by atoms with van der Waals surface area (Å²) >= 11 is 2.88. The van der Waals surface area contributed by atoms with Crippen LogP contribution in [0.5, 0.6) is 0 Å². The van der Waals surface area contributed by atoms with Gasteiger partial charge in [0.15, 0.2) is 4.34 Å². The zero-order chi connectivity index (χ0) is 22.4. The third kappa shape index (κ3) is 5.98. The molecule has 1 saturated heterocycles. The summed E-state index contributed by atoms with van der Waals surface area (Å²) < 4.78 is 5.86. The second-order valence-corrected chi connectivity index (χ2v) is 10.1. The summed E-state index contributed by atoms with van der Waals surface area (Å²) in [7, 11) is 0. The van der Waals surface area contributed by atoms with Crippen LogP contribution in [0.4, 0.5) is 10.8 Å². The van der Waals surface area contributed by atoms with Crippen molar-refractivity contribution in [1.82, 2.24) is 15.1 Å². The molecule has 3 rings (SSSR count). The number of carbonyl (C=O) groups excluding carboxylic acids is 2. The predicted octanol–water partition coefficient (Wildman–Crippen LogP) is 4.43. The van der Waals surface area contributed by atoms with Crippen molar-refractivity contribution in [3.05, 3.63) is 29.3 Å². The van der Waals surface area contributed by atoms with Gasteiger partial charge in [-0.25, -0.2) is 0 Å². The molecule has 7 nitrogen and oxygen atoms in total. The summed E-state index contributed by atoms with van der Waals surface area (Å²) in [4.78, 5) is 26.6. The van der Waals surface area contributed by atoms with Crippen molar-refractivity contribution >= 4 is 45.8 Å². The lowest BCUT2D eigenvalue weighted by molar-refractivity contribution is -0.151. The number of esters is 1. The number of carbonyl (C=O) groups is 2. The van der Waals surface area contributed by atoms with Crippen molar-refractivity contribution in [2.24, 2.45) is 5.92 Å². The Bertz CT molecular complexity index is 910. The van der Waals surface area contributed by atoms with Gasteiger partial charge >= 0.3 is 5.97 Å². The number of ether oxygens (including phenoxy) is 1. The molecule has 2 heterocycles. The van der Waals surface area contributed by atoms with Gasteiger partial charge < -0.3 is 15.0 Å². The fourth-order valence-electron chi connectivity index (χ4n) is 3.67. The maximum atomic E-state index is 12.9. The van der Waals surface area contributed by atoms with E-state index in [2.05, 4.69) is 47.6 Å². The highest BCUT2D eigenvalue weighted by atomic mass is 32.2. The molecular weight excluding hydrogens is 432 g/mol. The zero-order valence-corrected chi connectivity index (χ0v) is 20.1. The molecule has 2 aromatic rings. The first-order valence-corrected chi connectivity index (χ1v) is 12.4. The molecule has 1 aromatic carbocycles. The maximum absolute atomic E-state index is 12.9. The number of benzene rings is 1. The van der Waals surface area contributed by atoms with Crippen molar-refractivity contribution in [2.45, 2.75) is 56.5 Å². The smallest absolute Gasteiger partial charge is 0.309 e. The number of aromatic nitrogens is 2. The summed E-state index contributed by atoms with van der Waals surface area (Å²) in [5.74, 6) is -0.173. The summed E-state index contributed by atoms with van der Waals surface area (Å²) in [6.07, 6.45) is 2.25. The maximum Gasteiger partial charge on any atom is 0.309 e. The number of rotatable bonds is 8. The van der Waals surface area contributed by atoms with Crippen LogP contribution in [0.15, 0.2) is 22.5 Å². The molecule has 1 aromatic heterocycles. The molecule has 1 N–H and O–H groups in total. The number of nitrogens with zero attached hydrogens (tertiary/aromatic N) is 3. The number of piperidine rings is 1. The van der Waals surface area contributed by atoms with Gasteiger partial charge in [-0.1, -0.05) is 48.2 Å². The number of amides is 1. The van der Waals surface area contributed by atoms with E-state index >= 15 is 0 Å². The van der Waals surface area contributed by atoms with Gasteiger partial charge in [0.05, 0.1) is 17.8 Å². The summed E-state index contributed by atoms with van der Waals surface area (Å²) in [5.41, 5.74) is 3.48. The van der Waals surface area contributed by atoms with Crippen LogP contribution in [0.3, 0.4) is 0 Å². The highest BCUT2D eigenvalue weighted by Gasteiger charge is 2.30. The number of anilines is 2. The molecule has 1 fully saturated rings. The Hall–Kier alpha value is -2.13. The van der Waals surface area contributed by atoms with E-state index in [1.165, 1.54) is 34.2 Å². The van der Waals surface area contributed by atoms with E-state index in [-0.39, 0.29) is 23.0 Å². The Labute approximate surface area is 192 Å². The van der Waals surface area contributed by atoms with Crippen molar-refractivity contribution in [1.29, 1.82) is 0 Å². The minimum atomic E-state index is -0.260. The Kier molecular flexibility index (Phi) is 8.31. The van der Waals surface area contributed by atoms with Crippen LogP contribution in [0.2, 0.25) is 0 Å². The Balaban J connectivity index is 1.55. The van der Waals surface area contributed by atoms with Gasteiger partial charge in [0.2, 0.25) is 11.0 Å². The molecule has 0 radical (unpaired) electrons. The van der Waals surface area contributed by atoms with Crippen LogP contribution >= 0.6 is 23.1 Å². The van der Waals surface area contributed by atoms with Crippen LogP contribution in [0, 0.1) is 12.8 Å². The molecular formula is C22H30N4O3S2. The van der Waals surface area contributed by atoms with E-state index < -0.39 is 0 Å². The highest BCUT2D eigenvalue weighted by molar-refractivity contribution is 8.02. The van der Waals surface area contributed by atoms with Crippen LogP contribution in [-0.2, 0) is 20.7 Å². The minimum Gasteiger partial charge on any atom is -0.466 e. The summed E-state index contributed by atoms with van der Waals surface area (Å²) in [6, 6.07) is 6.24. The first-order valence-electron chi connectivity index (χ1n) is 10.7. The van der Waals surface area contributed by atoms with Crippen molar-refractivity contribution in [2.75, 3.05) is 25.0 Å². The molecule has 9 heteroatoms. The van der Waals surface area contributed by atoms with Crippen LogP contribution < -0.4 is 5.32 Å². The Morgan fingerprint density at radius 1 is 1.29 bits per heavy atom. The lowest BCUT2D eigenvalue weighted by Gasteiger charge is -2.32. The molecule has 0 saturated carbocycles. The molecule has 1 aliphatic heterocycles. The summed E-state index contributed by atoms with van der Waals surface area (Å²) in [5, 5.41) is 12.4. The van der Waals surface area contributed by atoms with Crippen LogP contribution in [0.1, 0.15) is 44.7 Å². The molecule has 168 valence electrons. The van der Waals surface area contributed by atoms with E-state index in [4.69, 9.17) is 4.74 Å². The first-order chi connectivity index (χ1) is 14.9. The van der Waals surface area contributed by atoms with Gasteiger partial charge in [0, 0.05) is 18.8 Å². The Morgan fingerprint density at radius 2 is 2.03 bits per heavy atom. The van der Waals surface area contributed by atoms with Gasteiger partial charge in [-0.2, -0.15) is 0 Å². The Morgan fingerprint density at radius 3 is 2.71 bits per heavy atom. The van der Waals surface area contributed by atoms with Crippen molar-refractivity contribution < 1.29 is 14.3 Å². The monoisotopic (exact) mass is 462 g/mol. The lowest BCUT2D eigenvalue weighted by atomic mass is 9.97. The van der Waals surface area contributed by atoms with E-state index in [0.29, 0.717) is 32.5 Å². The third-order valence-electron chi connectivity index (χ3n) is 5.43. The first kappa shape index (κ1) is 23.5. The molecule has 1 amide bonds. The van der Waals surface area contributed by atoms with E-state index in [0.717, 1.165) is 21.6 Å². The fraction of sp³-hybridized carbons (Fsp3) is 0.545. The summed E-state index contributed by atoms with van der Waals surface area (Å²) in [6.45, 7) is 9.48. The number of aryl methyl sites for hydroxylation is 2. The zero-order valence-electron chi connectivity index (χ0n) is 18.5.